The number of carbonyl (C=O) groups excluding carboxylic acids is 7. The molecule has 0 aliphatic carbocycles. The summed E-state index contributed by atoms with van der Waals surface area (Å²) in [5, 5.41) is 42.7. The van der Waals surface area contributed by atoms with Crippen molar-refractivity contribution in [2.75, 3.05) is 34.1 Å². The van der Waals surface area contributed by atoms with E-state index in [2.05, 4.69) is 41.2 Å². The third-order valence-electron chi connectivity index (χ3n) is 15.8. The number of aliphatic hydroxyl groups excluding tert-OH is 1. The fraction of sp³-hybridized carbons (Fsp3) is 0.373. The molecule has 1 fully saturated rings. The molecular weight excluding hydrogens is 1320 g/mol. The number of aromatic amines is 1. The number of hydrogen-bond acceptors (Lipinski definition) is 28. The van der Waals surface area contributed by atoms with Crippen LogP contribution >= 0.6 is 68.4 Å². The lowest BCUT2D eigenvalue weighted by Crippen LogP contribution is -2.62. The number of nitrogens with one attached hydrogen (secondary N) is 5. The number of nitrogens with zero attached hydrogens (tertiary/aromatic N) is 7. The molecule has 9 N–H and O–H groups in total. The number of ether oxygens (including phenoxy) is 6. The first-order valence-corrected chi connectivity index (χ1v) is 34.0. The number of aliphatic hydroxyl groups is 2. The van der Waals surface area contributed by atoms with Crippen LogP contribution in [0.1, 0.15) is 125 Å². The second-order valence-electron chi connectivity index (χ2n) is 22.4. The number of allylic oxidation sites excluding steroid dienone is 1. The van der Waals surface area contributed by atoms with Crippen molar-refractivity contribution in [3.63, 3.8) is 0 Å². The smallest absolute Gasteiger partial charge is 0.338 e. The molecule has 4 aliphatic heterocycles. The topological polar surface area (TPSA) is 386 Å². The summed E-state index contributed by atoms with van der Waals surface area (Å²) in [6.45, 7) is 5.49. The molecule has 34 heteroatoms. The van der Waals surface area contributed by atoms with Crippen molar-refractivity contribution in [2.45, 2.75) is 108 Å². The number of thiazole rings is 5. The number of likely N-dealkylation sites (N-methyl/N-ethyl adjacent to an activating group) is 1. The highest BCUT2D eigenvalue weighted by Crippen LogP contribution is 2.43. The largest absolute Gasteiger partial charge is 0.499 e. The van der Waals surface area contributed by atoms with E-state index in [1.165, 1.54) is 49.6 Å². The first kappa shape index (κ1) is 65.1. The molecule has 0 spiro atoms. The first-order valence-electron chi connectivity index (χ1n) is 28.6. The number of carbonyl (C=O) groups is 7. The van der Waals surface area contributed by atoms with Crippen molar-refractivity contribution in [3.8, 4) is 38.4 Å². The van der Waals surface area contributed by atoms with Gasteiger partial charge in [-0.25, -0.2) is 34.7 Å². The summed E-state index contributed by atoms with van der Waals surface area (Å²) in [7, 11) is 6.34. The molecule has 12 rings (SSSR count). The number of pyridine rings is 1. The normalized spacial score (nSPS) is 24.8. The molecule has 8 aromatic rings. The van der Waals surface area contributed by atoms with Crippen LogP contribution in [-0.2, 0) is 46.5 Å². The van der Waals surface area contributed by atoms with Gasteiger partial charge < -0.3 is 75.5 Å². The lowest BCUT2D eigenvalue weighted by atomic mass is 9.85. The van der Waals surface area contributed by atoms with Crippen LogP contribution < -0.4 is 31.7 Å². The van der Waals surface area contributed by atoms with E-state index in [9.17, 15) is 29.4 Å². The Hall–Kier alpha value is -8.00. The van der Waals surface area contributed by atoms with Gasteiger partial charge in [0, 0.05) is 61.1 Å². The monoisotopic (exact) mass is 1380 g/mol. The Morgan fingerprint density at radius 2 is 1.51 bits per heavy atom. The minimum atomic E-state index is -1.81. The van der Waals surface area contributed by atoms with Crippen molar-refractivity contribution < 1.29 is 72.2 Å². The predicted octanol–water partition coefficient (Wildman–Crippen LogP) is 5.57. The second-order valence-corrected chi connectivity index (χ2v) is 27.8. The van der Waals surface area contributed by atoms with Gasteiger partial charge >= 0.3 is 5.97 Å². The Bertz CT molecular complexity index is 4320. The van der Waals surface area contributed by atoms with E-state index in [4.69, 9.17) is 49.1 Å². The highest BCUT2D eigenvalue weighted by atomic mass is 32.2. The van der Waals surface area contributed by atoms with E-state index in [0.29, 0.717) is 32.6 Å². The highest BCUT2D eigenvalue weighted by molar-refractivity contribution is 8.14. The minimum Gasteiger partial charge on any atom is -0.499 e. The average Bonchev–Trinajstić information content (AvgIpc) is 1.71. The van der Waals surface area contributed by atoms with E-state index in [1.807, 2.05) is 4.90 Å². The summed E-state index contributed by atoms with van der Waals surface area (Å²) in [5.74, 6) is -4.95. The maximum atomic E-state index is 15.2. The van der Waals surface area contributed by atoms with Crippen LogP contribution in [0.5, 0.6) is 5.75 Å². The number of hydrogen-bond donors (Lipinski definition) is 8. The number of nitrogens with two attached hydrogens (primary N) is 1. The van der Waals surface area contributed by atoms with E-state index in [-0.39, 0.29) is 102 Å². The molecule has 10 atom stereocenters. The Morgan fingerprint density at radius 1 is 0.828 bits per heavy atom. The number of rotatable bonds is 8. The maximum Gasteiger partial charge on any atom is 0.338 e. The third kappa shape index (κ3) is 12.9. The number of methoxy groups -OCH3 is 2. The SMILES string of the molecule is COC(C)=C1NC(=O)C(C(C)O)NC(=O)c2csc(n2)-c2cc(OC)c(-c3nc(C(N)=O)cs3)nc2-c2csc(n2)C2CSC(=O)c3[nH]c4cccc5c4c3COC(C(OC3CC(C)(O)C(N(C)C)C(C)O3)C(=O)OC5)C(NC(=O)c3csc1n3)c1nc(cs1)C(=O)N2. The van der Waals surface area contributed by atoms with Crippen LogP contribution in [0.25, 0.3) is 49.3 Å². The molecule has 486 valence electrons. The number of fused-ring (bicyclic) bond motifs is 15. The number of H-pyrrole nitrogens is 1. The summed E-state index contributed by atoms with van der Waals surface area (Å²) >= 11 is 5.97. The lowest BCUT2D eigenvalue weighted by Gasteiger charge is -2.48. The number of esters is 1. The number of aromatic nitrogens is 7. The van der Waals surface area contributed by atoms with Gasteiger partial charge in [-0.15, -0.1) is 56.7 Å². The summed E-state index contributed by atoms with van der Waals surface area (Å²) in [6, 6.07) is 2.14. The van der Waals surface area contributed by atoms with E-state index in [1.54, 1.807) is 57.6 Å². The number of cyclic esters (lactones) is 1. The van der Waals surface area contributed by atoms with Crippen molar-refractivity contribution in [1.29, 1.82) is 0 Å². The van der Waals surface area contributed by atoms with E-state index >= 15 is 14.4 Å². The zero-order chi connectivity index (χ0) is 65.9. The first-order chi connectivity index (χ1) is 44.5. The molecule has 10 unspecified atom stereocenters. The third-order valence-corrected chi connectivity index (χ3v) is 21.3. The number of amides is 5. The number of benzene rings is 1. The fourth-order valence-electron chi connectivity index (χ4n) is 11.5. The predicted molar refractivity (Wildman–Crippen MR) is 343 cm³/mol. The van der Waals surface area contributed by atoms with Crippen LogP contribution in [0.2, 0.25) is 0 Å². The van der Waals surface area contributed by atoms with Crippen LogP contribution in [0, 0.1) is 0 Å². The van der Waals surface area contributed by atoms with E-state index in [0.717, 1.165) is 68.4 Å². The molecule has 1 aromatic carbocycles. The second kappa shape index (κ2) is 26.4. The van der Waals surface area contributed by atoms with Gasteiger partial charge in [0.05, 0.1) is 56.4 Å². The molecule has 7 aromatic heterocycles. The van der Waals surface area contributed by atoms with Crippen LogP contribution in [0.4, 0.5) is 0 Å². The summed E-state index contributed by atoms with van der Waals surface area (Å²) in [5.41, 5.74) is 5.94. The summed E-state index contributed by atoms with van der Waals surface area (Å²) < 4.78 is 37.7. The van der Waals surface area contributed by atoms with Crippen molar-refractivity contribution >= 4 is 126 Å². The van der Waals surface area contributed by atoms with Gasteiger partial charge in [-0.3, -0.25) is 28.8 Å². The van der Waals surface area contributed by atoms with Gasteiger partial charge in [0.2, 0.25) is 11.0 Å². The van der Waals surface area contributed by atoms with Gasteiger partial charge in [0.15, 0.2) is 12.4 Å². The van der Waals surface area contributed by atoms with Crippen LogP contribution in [0.15, 0.2) is 56.9 Å². The van der Waals surface area contributed by atoms with Gasteiger partial charge in [-0.05, 0) is 59.5 Å². The molecule has 28 nitrogen and oxygen atoms in total. The number of primary amides is 1. The Balaban J connectivity index is 1.05. The maximum absolute atomic E-state index is 15.2. The molecular formula is C59H59N13O15S6. The highest BCUT2D eigenvalue weighted by Gasteiger charge is 2.50. The van der Waals surface area contributed by atoms with Crippen LogP contribution in [-0.4, -0.2) is 173 Å². The molecule has 0 saturated carbocycles. The zero-order valence-corrected chi connectivity index (χ0v) is 55.5. The van der Waals surface area contributed by atoms with Crippen molar-refractivity contribution in [1.82, 2.24) is 61.1 Å². The van der Waals surface area contributed by atoms with Crippen molar-refractivity contribution in [2.24, 2.45) is 5.73 Å². The van der Waals surface area contributed by atoms with Crippen molar-refractivity contribution in [3.05, 3.63) is 112 Å². The molecule has 5 amide bonds. The molecule has 4 aliphatic rings. The van der Waals surface area contributed by atoms with Crippen LogP contribution in [0.3, 0.4) is 0 Å². The molecule has 1 saturated heterocycles. The molecule has 93 heavy (non-hydrogen) atoms. The summed E-state index contributed by atoms with van der Waals surface area (Å²) in [4.78, 5) is 135. The Labute approximate surface area is 553 Å². The lowest BCUT2D eigenvalue weighted by molar-refractivity contribution is -0.280. The van der Waals surface area contributed by atoms with Gasteiger partial charge in [-0.2, -0.15) is 0 Å². The Kier molecular flexibility index (Phi) is 18.5. The zero-order valence-electron chi connectivity index (χ0n) is 50.6. The Morgan fingerprint density at radius 3 is 2.22 bits per heavy atom. The van der Waals surface area contributed by atoms with Gasteiger partial charge in [0.1, 0.15) is 107 Å². The number of thioether (sulfide) groups is 1. The standard InChI is InChI=1S/C59H59N13O15S6/c1-22(73)38-51(78)70-39(23(2)82-7)54-66-33(20-91-54)50(77)71-43-44-45(87-36-13-59(4,81)46(72(5)6)24(3)86-36)57(79)85-14-25-10-9-11-28-37(25)27(15-84-44)41(61-28)58(80)93-21-34(62-48(75)31-19-92-56(43)67-31)53-63-29(16-89-53)40-26(52-65-32(18-88-52)49(76)69-38)12-35(83-8)42(68-40)55-64-30(17-90-55)47(60)74/h9-12,16-20,22,24,34,36,38,43-46,61,73,81H,13-15,21H2,1-8H3,(H2,60,74)(H,62,75)(H,69,76)(H,70,78)(H,71,77). The van der Waals surface area contributed by atoms with Gasteiger partial charge in [0.25, 0.3) is 23.6 Å². The quantitative estimate of drug-likeness (QED) is 0.0680. The molecule has 12 bridgehead atoms. The van der Waals surface area contributed by atoms with E-state index < -0.39 is 108 Å². The van der Waals surface area contributed by atoms with Gasteiger partial charge in [-0.1, -0.05) is 23.9 Å². The average molecular weight is 1380 g/mol. The summed E-state index contributed by atoms with van der Waals surface area (Å²) in [6.07, 6.45) is -7.05. The fourth-order valence-corrected chi connectivity index (χ4v) is 16.7. The molecule has 11 heterocycles. The molecule has 0 radical (unpaired) electrons. The minimum absolute atomic E-state index is 0.0241.